The first-order chi connectivity index (χ1) is 17.6. The molecule has 2 aliphatic rings. The van der Waals surface area contributed by atoms with Crippen molar-refractivity contribution in [2.24, 2.45) is 5.92 Å². The van der Waals surface area contributed by atoms with Gasteiger partial charge in [-0.25, -0.2) is 0 Å². The van der Waals surface area contributed by atoms with Gasteiger partial charge in [0, 0.05) is 35.1 Å². The maximum absolute atomic E-state index is 13.0. The van der Waals surface area contributed by atoms with Crippen LogP contribution in [0.25, 0.3) is 0 Å². The minimum absolute atomic E-state index is 0.0220. The van der Waals surface area contributed by atoms with Crippen molar-refractivity contribution >= 4 is 5.91 Å². The van der Waals surface area contributed by atoms with E-state index < -0.39 is 0 Å². The summed E-state index contributed by atoms with van der Waals surface area (Å²) in [7, 11) is 0. The highest BCUT2D eigenvalue weighted by atomic mass is 16.6. The summed E-state index contributed by atoms with van der Waals surface area (Å²) in [5, 5.41) is 3.08. The van der Waals surface area contributed by atoms with Gasteiger partial charge in [-0.1, -0.05) is 48.5 Å². The number of hydrogen-bond donors (Lipinski definition) is 2. The molecule has 0 bridgehead atoms. The van der Waals surface area contributed by atoms with Gasteiger partial charge < -0.3 is 5.32 Å². The number of benzene rings is 2. The maximum atomic E-state index is 13.0. The highest BCUT2D eigenvalue weighted by Crippen LogP contribution is 2.51. The molecule has 2 aliphatic carbocycles. The molecule has 1 amide bonds. The molecule has 0 unspecified atom stereocenters. The van der Waals surface area contributed by atoms with Crippen molar-refractivity contribution in [2.75, 3.05) is 6.61 Å². The Hall–Kier alpha value is -3.44. The molecule has 2 N–H and O–H groups in total. The van der Waals surface area contributed by atoms with Crippen LogP contribution in [0.2, 0.25) is 0 Å². The van der Waals surface area contributed by atoms with Gasteiger partial charge in [0.25, 0.3) is 5.91 Å². The average Bonchev–Trinajstić information content (AvgIpc) is 2.91. The molecule has 5 heteroatoms. The van der Waals surface area contributed by atoms with Crippen LogP contribution in [-0.4, -0.2) is 17.5 Å². The highest BCUT2D eigenvalue weighted by Gasteiger charge is 2.45. The fraction of sp³-hybridized carbons (Fsp3) is 0.355. The van der Waals surface area contributed by atoms with E-state index >= 15 is 0 Å². The number of hydroxylamine groups is 1. The number of nitrogens with one attached hydrogen (secondary N) is 2. The lowest BCUT2D eigenvalue weighted by Crippen LogP contribution is -2.44. The molecular weight excluding hydrogens is 446 g/mol. The third-order valence-electron chi connectivity index (χ3n) is 7.85. The summed E-state index contributed by atoms with van der Waals surface area (Å²) in [6.07, 6.45) is 9.22. The van der Waals surface area contributed by atoms with Crippen LogP contribution in [0, 0.1) is 12.8 Å². The van der Waals surface area contributed by atoms with Gasteiger partial charge in [0.15, 0.2) is 0 Å². The molecule has 3 aromatic rings. The zero-order valence-electron chi connectivity index (χ0n) is 21.2. The minimum Gasteiger partial charge on any atom is -0.348 e. The van der Waals surface area contributed by atoms with Crippen LogP contribution in [0.1, 0.15) is 64.5 Å². The number of aromatic nitrogens is 1. The Morgan fingerprint density at radius 3 is 2.78 bits per heavy atom. The molecular formula is C31H35N3O2. The number of fused-ring (bicyclic) bond motifs is 3. The van der Waals surface area contributed by atoms with Crippen LogP contribution in [0.5, 0.6) is 0 Å². The number of nitrogens with zero attached hydrogens (tertiary/aromatic N) is 1. The number of hydrogen-bond acceptors (Lipinski definition) is 4. The van der Waals surface area contributed by atoms with Crippen LogP contribution in [0.4, 0.5) is 0 Å². The first kappa shape index (κ1) is 24.3. The largest absolute Gasteiger partial charge is 0.348 e. The Bertz CT molecular complexity index is 1250. The van der Waals surface area contributed by atoms with Gasteiger partial charge in [0.05, 0.1) is 6.61 Å². The van der Waals surface area contributed by atoms with E-state index in [0.29, 0.717) is 19.1 Å². The predicted molar refractivity (Wildman–Crippen MR) is 142 cm³/mol. The lowest BCUT2D eigenvalue weighted by atomic mass is 9.56. The number of amides is 1. The van der Waals surface area contributed by atoms with Gasteiger partial charge in [-0.05, 0) is 92.3 Å². The molecule has 0 fully saturated rings. The van der Waals surface area contributed by atoms with E-state index in [9.17, 15) is 4.79 Å². The quantitative estimate of drug-likeness (QED) is 0.412. The van der Waals surface area contributed by atoms with Crippen molar-refractivity contribution in [3.63, 3.8) is 0 Å². The first-order valence-electron chi connectivity index (χ1n) is 13.0. The van der Waals surface area contributed by atoms with Crippen molar-refractivity contribution in [3.8, 4) is 0 Å². The van der Waals surface area contributed by atoms with Crippen molar-refractivity contribution in [3.05, 3.63) is 112 Å². The molecule has 186 valence electrons. The summed E-state index contributed by atoms with van der Waals surface area (Å²) in [5.41, 5.74) is 11.2. The average molecular weight is 482 g/mol. The second-order valence-electron chi connectivity index (χ2n) is 9.99. The van der Waals surface area contributed by atoms with Crippen molar-refractivity contribution in [1.29, 1.82) is 0 Å². The standard InChI is InChI=1S/C31H35N3O2/c1-3-36-34-28-15-16-31(20-23-8-5-4-6-9-23)27(19-28)13-11-24-18-25(12-14-29(24)31)30(35)33-21-26-10-7-17-32-22(26)2/h4-10,12,14,17-19,27,34H,3,11,13,15-16,20-21H2,1-2H3,(H,33,35)/t27-,31+/m1/s1. The van der Waals surface area contributed by atoms with Crippen LogP contribution in [0.15, 0.2) is 78.6 Å². The van der Waals surface area contributed by atoms with Crippen LogP contribution < -0.4 is 10.8 Å². The summed E-state index contributed by atoms with van der Waals surface area (Å²) in [6, 6.07) is 21.1. The van der Waals surface area contributed by atoms with E-state index in [2.05, 4.69) is 64.3 Å². The number of carbonyl (C=O) groups excluding carboxylic acids is 1. The fourth-order valence-electron chi connectivity index (χ4n) is 5.97. The minimum atomic E-state index is -0.0352. The maximum Gasteiger partial charge on any atom is 0.251 e. The zero-order valence-corrected chi connectivity index (χ0v) is 21.2. The molecule has 0 spiro atoms. The van der Waals surface area contributed by atoms with Crippen LogP contribution >= 0.6 is 0 Å². The Balaban J connectivity index is 1.43. The van der Waals surface area contributed by atoms with E-state index in [1.54, 1.807) is 6.20 Å². The van der Waals surface area contributed by atoms with E-state index in [1.165, 1.54) is 22.4 Å². The third kappa shape index (κ3) is 4.93. The molecule has 1 heterocycles. The predicted octanol–water partition coefficient (Wildman–Crippen LogP) is 5.58. The fourth-order valence-corrected chi connectivity index (χ4v) is 5.97. The van der Waals surface area contributed by atoms with Crippen molar-refractivity contribution in [2.45, 2.75) is 57.9 Å². The molecule has 2 aromatic carbocycles. The topological polar surface area (TPSA) is 63.2 Å². The van der Waals surface area contributed by atoms with Crippen LogP contribution in [0.3, 0.4) is 0 Å². The van der Waals surface area contributed by atoms with Gasteiger partial charge in [-0.3, -0.25) is 20.1 Å². The van der Waals surface area contributed by atoms with Gasteiger partial charge in [0.1, 0.15) is 0 Å². The molecule has 5 rings (SSSR count). The Morgan fingerprint density at radius 1 is 1.11 bits per heavy atom. The molecule has 36 heavy (non-hydrogen) atoms. The number of allylic oxidation sites excluding steroid dienone is 2. The monoisotopic (exact) mass is 481 g/mol. The Morgan fingerprint density at radius 2 is 1.97 bits per heavy atom. The summed E-state index contributed by atoms with van der Waals surface area (Å²) >= 11 is 0. The molecule has 5 nitrogen and oxygen atoms in total. The van der Waals surface area contributed by atoms with Gasteiger partial charge >= 0.3 is 0 Å². The molecule has 0 saturated heterocycles. The molecule has 2 atom stereocenters. The summed E-state index contributed by atoms with van der Waals surface area (Å²) < 4.78 is 0. The highest BCUT2D eigenvalue weighted by molar-refractivity contribution is 5.94. The number of carbonyl (C=O) groups is 1. The second kappa shape index (κ2) is 10.7. The molecule has 0 saturated carbocycles. The number of aryl methyl sites for hydroxylation is 2. The van der Waals surface area contributed by atoms with E-state index in [1.807, 2.05) is 32.0 Å². The van der Waals surface area contributed by atoms with Gasteiger partial charge in [-0.2, -0.15) is 0 Å². The first-order valence-corrected chi connectivity index (χ1v) is 13.0. The second-order valence-corrected chi connectivity index (χ2v) is 9.99. The van der Waals surface area contributed by atoms with E-state index in [4.69, 9.17) is 4.84 Å². The number of rotatable bonds is 8. The van der Waals surface area contributed by atoms with Gasteiger partial charge in [-0.15, -0.1) is 0 Å². The molecule has 0 aliphatic heterocycles. The Kier molecular flexibility index (Phi) is 7.19. The molecule has 1 aromatic heterocycles. The normalized spacial score (nSPS) is 20.6. The zero-order chi connectivity index (χ0) is 25.0. The Labute approximate surface area is 214 Å². The lowest BCUT2D eigenvalue weighted by molar-refractivity contribution is 0.0653. The molecule has 0 radical (unpaired) electrons. The third-order valence-corrected chi connectivity index (χ3v) is 7.85. The van der Waals surface area contributed by atoms with E-state index in [-0.39, 0.29) is 11.3 Å². The summed E-state index contributed by atoms with van der Waals surface area (Å²) in [4.78, 5) is 22.9. The smallest absolute Gasteiger partial charge is 0.251 e. The van der Waals surface area contributed by atoms with E-state index in [0.717, 1.165) is 48.9 Å². The summed E-state index contributed by atoms with van der Waals surface area (Å²) in [5.74, 6) is 0.391. The lowest BCUT2D eigenvalue weighted by Gasteiger charge is -2.48. The summed E-state index contributed by atoms with van der Waals surface area (Å²) in [6.45, 7) is 5.09. The number of pyridine rings is 1. The van der Waals surface area contributed by atoms with Crippen LogP contribution in [-0.2, 0) is 29.6 Å². The van der Waals surface area contributed by atoms with Crippen molar-refractivity contribution < 1.29 is 9.63 Å². The van der Waals surface area contributed by atoms with Gasteiger partial charge in [0.2, 0.25) is 0 Å². The van der Waals surface area contributed by atoms with Crippen molar-refractivity contribution in [1.82, 2.24) is 15.8 Å². The SMILES string of the molecule is CCONC1=C[C@H]2CCc3cc(C(=O)NCc4cccnc4C)ccc3[C@]2(Cc2ccccc2)CC1.